The normalized spacial score (nSPS) is 9.87. The highest BCUT2D eigenvalue weighted by Gasteiger charge is 2.03. The van der Waals surface area contributed by atoms with Gasteiger partial charge in [-0.1, -0.05) is 30.0 Å². The third-order valence-electron chi connectivity index (χ3n) is 1.85. The number of halogens is 1. The van der Waals surface area contributed by atoms with Gasteiger partial charge in [0.1, 0.15) is 11.3 Å². The quantitative estimate of drug-likeness (QED) is 0.659. The number of furan rings is 1. The van der Waals surface area contributed by atoms with Crippen molar-refractivity contribution in [3.05, 3.63) is 36.1 Å². The molecule has 2 rings (SSSR count). The molecular formula is C10H11BrN2OS. The van der Waals surface area contributed by atoms with Gasteiger partial charge in [0.15, 0.2) is 5.17 Å². The molecule has 1 aromatic carbocycles. The van der Waals surface area contributed by atoms with E-state index in [1.807, 2.05) is 30.3 Å². The Morgan fingerprint density at radius 1 is 1.40 bits per heavy atom. The number of fused-ring (bicyclic) bond motifs is 1. The second-order valence-electron chi connectivity index (χ2n) is 2.90. The summed E-state index contributed by atoms with van der Waals surface area (Å²) in [6.45, 7) is 0. The maximum absolute atomic E-state index is 7.08. The lowest BCUT2D eigenvalue weighted by Gasteiger charge is -1.93. The van der Waals surface area contributed by atoms with Gasteiger partial charge in [-0.2, -0.15) is 0 Å². The Balaban J connectivity index is 0.00000112. The first-order chi connectivity index (χ1) is 6.75. The van der Waals surface area contributed by atoms with E-state index in [1.165, 1.54) is 11.8 Å². The van der Waals surface area contributed by atoms with Crippen molar-refractivity contribution in [3.8, 4) is 0 Å². The van der Waals surface area contributed by atoms with E-state index in [4.69, 9.17) is 15.6 Å². The number of nitrogens with two attached hydrogens (primary N) is 1. The van der Waals surface area contributed by atoms with Gasteiger partial charge >= 0.3 is 0 Å². The molecule has 1 heterocycles. The van der Waals surface area contributed by atoms with E-state index >= 15 is 0 Å². The fourth-order valence-corrected chi connectivity index (χ4v) is 1.70. The summed E-state index contributed by atoms with van der Waals surface area (Å²) < 4.78 is 5.55. The van der Waals surface area contributed by atoms with Crippen molar-refractivity contribution in [3.63, 3.8) is 0 Å². The summed E-state index contributed by atoms with van der Waals surface area (Å²) in [7, 11) is 0. The second-order valence-corrected chi connectivity index (χ2v) is 3.92. The minimum Gasteiger partial charge on any atom is -0.460 e. The molecule has 0 aliphatic carbocycles. The first-order valence-electron chi connectivity index (χ1n) is 4.20. The zero-order valence-corrected chi connectivity index (χ0v) is 10.4. The summed E-state index contributed by atoms with van der Waals surface area (Å²) in [4.78, 5) is 0. The molecule has 2 aromatic rings. The highest BCUT2D eigenvalue weighted by molar-refractivity contribution is 8.93. The van der Waals surface area contributed by atoms with E-state index in [9.17, 15) is 0 Å². The molecule has 3 nitrogen and oxygen atoms in total. The summed E-state index contributed by atoms with van der Waals surface area (Å²) >= 11 is 1.27. The Morgan fingerprint density at radius 2 is 2.13 bits per heavy atom. The van der Waals surface area contributed by atoms with Crippen LogP contribution in [0.25, 0.3) is 11.0 Å². The Bertz CT molecular complexity index is 436. The molecule has 0 amide bonds. The van der Waals surface area contributed by atoms with Gasteiger partial charge in [-0.05, 0) is 12.1 Å². The highest BCUT2D eigenvalue weighted by Crippen LogP contribution is 2.21. The first kappa shape index (κ1) is 12.1. The molecule has 0 fully saturated rings. The van der Waals surface area contributed by atoms with Crippen LogP contribution in [-0.4, -0.2) is 5.17 Å². The predicted octanol–water partition coefficient (Wildman–Crippen LogP) is 3.14. The first-order valence-corrected chi connectivity index (χ1v) is 5.18. The van der Waals surface area contributed by atoms with E-state index in [2.05, 4.69) is 0 Å². The summed E-state index contributed by atoms with van der Waals surface area (Å²) in [5.74, 6) is 1.47. The Morgan fingerprint density at radius 3 is 2.80 bits per heavy atom. The van der Waals surface area contributed by atoms with Crippen molar-refractivity contribution in [1.82, 2.24) is 0 Å². The number of amidine groups is 1. The summed E-state index contributed by atoms with van der Waals surface area (Å²) in [5.41, 5.74) is 6.12. The van der Waals surface area contributed by atoms with E-state index in [-0.39, 0.29) is 22.1 Å². The molecule has 3 N–H and O–H groups in total. The number of hydrogen-bond donors (Lipinski definition) is 2. The average Bonchev–Trinajstić information content (AvgIpc) is 2.57. The van der Waals surface area contributed by atoms with E-state index in [1.54, 1.807) is 0 Å². The van der Waals surface area contributed by atoms with Crippen molar-refractivity contribution in [2.75, 3.05) is 0 Å². The summed E-state index contributed by atoms with van der Waals surface area (Å²) in [6, 6.07) is 9.82. The van der Waals surface area contributed by atoms with Crippen LogP contribution >= 0.6 is 28.7 Å². The minimum atomic E-state index is 0. The SMILES string of the molecule is Br.N=C(N)SCc1cc2ccccc2o1. The maximum Gasteiger partial charge on any atom is 0.151 e. The van der Waals surface area contributed by atoms with Crippen LogP contribution in [0.5, 0.6) is 0 Å². The van der Waals surface area contributed by atoms with Crippen LogP contribution in [0.1, 0.15) is 5.76 Å². The van der Waals surface area contributed by atoms with Gasteiger partial charge in [0, 0.05) is 5.39 Å². The number of rotatable bonds is 2. The van der Waals surface area contributed by atoms with Crippen molar-refractivity contribution in [2.45, 2.75) is 5.75 Å². The highest BCUT2D eigenvalue weighted by atomic mass is 79.9. The fourth-order valence-electron chi connectivity index (χ4n) is 1.26. The summed E-state index contributed by atoms with van der Waals surface area (Å²) in [6.07, 6.45) is 0. The van der Waals surface area contributed by atoms with Crippen LogP contribution < -0.4 is 5.73 Å². The molecule has 0 unspecified atom stereocenters. The molecule has 0 aliphatic rings. The molecule has 5 heteroatoms. The average molecular weight is 287 g/mol. The van der Waals surface area contributed by atoms with Crippen LogP contribution in [-0.2, 0) is 5.75 Å². The third kappa shape index (κ3) is 3.00. The monoisotopic (exact) mass is 286 g/mol. The van der Waals surface area contributed by atoms with Crippen molar-refractivity contribution < 1.29 is 4.42 Å². The van der Waals surface area contributed by atoms with E-state index in [0.29, 0.717) is 5.75 Å². The minimum absolute atomic E-state index is 0. The Labute approximate surface area is 102 Å². The van der Waals surface area contributed by atoms with E-state index in [0.717, 1.165) is 16.7 Å². The second kappa shape index (κ2) is 5.23. The van der Waals surface area contributed by atoms with Gasteiger partial charge in [-0.15, -0.1) is 17.0 Å². The molecule has 0 radical (unpaired) electrons. The number of thioether (sulfide) groups is 1. The Kier molecular flexibility index (Phi) is 4.23. The van der Waals surface area contributed by atoms with Crippen molar-refractivity contribution in [1.29, 1.82) is 5.41 Å². The van der Waals surface area contributed by atoms with Crippen LogP contribution in [0.15, 0.2) is 34.7 Å². The molecule has 0 atom stereocenters. The van der Waals surface area contributed by atoms with Crippen LogP contribution in [0.2, 0.25) is 0 Å². The van der Waals surface area contributed by atoms with Crippen LogP contribution in [0.4, 0.5) is 0 Å². The molecule has 0 spiro atoms. The topological polar surface area (TPSA) is 63.0 Å². The van der Waals surface area contributed by atoms with Gasteiger partial charge in [0.05, 0.1) is 5.75 Å². The van der Waals surface area contributed by atoms with Crippen molar-refractivity contribution >= 4 is 44.9 Å². The molecule has 0 bridgehead atoms. The molecule has 15 heavy (non-hydrogen) atoms. The van der Waals surface area contributed by atoms with Gasteiger partial charge < -0.3 is 10.2 Å². The smallest absolute Gasteiger partial charge is 0.151 e. The molecule has 1 aromatic heterocycles. The largest absolute Gasteiger partial charge is 0.460 e. The zero-order valence-electron chi connectivity index (χ0n) is 7.90. The van der Waals surface area contributed by atoms with Gasteiger partial charge in [-0.25, -0.2) is 0 Å². The maximum atomic E-state index is 7.08. The number of para-hydroxylation sites is 1. The van der Waals surface area contributed by atoms with Gasteiger partial charge in [0.2, 0.25) is 0 Å². The lowest BCUT2D eigenvalue weighted by molar-refractivity contribution is 0.574. The van der Waals surface area contributed by atoms with Crippen LogP contribution in [0.3, 0.4) is 0 Å². The van der Waals surface area contributed by atoms with Gasteiger partial charge in [-0.3, -0.25) is 5.41 Å². The Hall–Kier alpha value is -0.940. The molecular weight excluding hydrogens is 276 g/mol. The summed E-state index contributed by atoms with van der Waals surface area (Å²) in [5, 5.41) is 8.28. The lowest BCUT2D eigenvalue weighted by atomic mass is 10.2. The number of hydrogen-bond acceptors (Lipinski definition) is 3. The fraction of sp³-hybridized carbons (Fsp3) is 0.100. The van der Waals surface area contributed by atoms with Crippen molar-refractivity contribution in [2.24, 2.45) is 5.73 Å². The third-order valence-corrected chi connectivity index (χ3v) is 2.59. The molecule has 80 valence electrons. The number of benzene rings is 1. The zero-order chi connectivity index (χ0) is 9.97. The molecule has 0 saturated carbocycles. The van der Waals surface area contributed by atoms with Gasteiger partial charge in [0.25, 0.3) is 0 Å². The van der Waals surface area contributed by atoms with Crippen LogP contribution in [0, 0.1) is 5.41 Å². The molecule has 0 saturated heterocycles. The standard InChI is InChI=1S/C10H10N2OS.BrH/c11-10(12)14-6-8-5-7-3-1-2-4-9(7)13-8;/h1-5H,6H2,(H3,11,12);1H. The predicted molar refractivity (Wildman–Crippen MR) is 69.7 cm³/mol. The van der Waals surface area contributed by atoms with E-state index < -0.39 is 0 Å². The lowest BCUT2D eigenvalue weighted by Crippen LogP contribution is -2.03. The molecule has 0 aliphatic heterocycles. The number of nitrogens with one attached hydrogen (secondary N) is 1.